The van der Waals surface area contributed by atoms with Crippen molar-refractivity contribution in [1.29, 1.82) is 0 Å². The van der Waals surface area contributed by atoms with E-state index < -0.39 is 0 Å². The number of aromatic nitrogens is 2. The summed E-state index contributed by atoms with van der Waals surface area (Å²) in [7, 11) is 1.54. The van der Waals surface area contributed by atoms with Crippen LogP contribution < -0.4 is 25.7 Å². The molecule has 3 aromatic rings. The largest absolute Gasteiger partial charge is 0.454 e. The molecule has 0 bridgehead atoms. The third kappa shape index (κ3) is 4.50. The molecule has 0 radical (unpaired) electrons. The first-order valence-electron chi connectivity index (χ1n) is 9.89. The van der Waals surface area contributed by atoms with E-state index in [1.54, 1.807) is 31.3 Å². The van der Waals surface area contributed by atoms with Crippen LogP contribution in [-0.2, 0) is 29.1 Å². The van der Waals surface area contributed by atoms with E-state index in [4.69, 9.17) is 9.47 Å². The van der Waals surface area contributed by atoms with E-state index in [1.807, 2.05) is 18.2 Å². The summed E-state index contributed by atoms with van der Waals surface area (Å²) in [5.74, 6) is 0.828. The van der Waals surface area contributed by atoms with E-state index in [2.05, 4.69) is 15.6 Å². The Bertz CT molecular complexity index is 1200. The van der Waals surface area contributed by atoms with Crippen molar-refractivity contribution in [3.05, 3.63) is 64.1 Å². The second-order valence-corrected chi connectivity index (χ2v) is 7.08. The first-order chi connectivity index (χ1) is 15.0. The molecular weight excluding hydrogens is 400 g/mol. The first kappa shape index (κ1) is 20.4. The van der Waals surface area contributed by atoms with Crippen LogP contribution >= 0.6 is 0 Å². The van der Waals surface area contributed by atoms with Crippen molar-refractivity contribution in [1.82, 2.24) is 20.2 Å². The predicted octanol–water partition coefficient (Wildman–Crippen LogP) is 1.12. The lowest BCUT2D eigenvalue weighted by molar-refractivity contribution is -0.122. The number of amides is 2. The number of ether oxygens (including phenoxy) is 2. The maximum Gasteiger partial charge on any atom is 0.273 e. The highest BCUT2D eigenvalue weighted by atomic mass is 16.7. The van der Waals surface area contributed by atoms with E-state index in [0.717, 1.165) is 5.56 Å². The van der Waals surface area contributed by atoms with Gasteiger partial charge in [-0.15, -0.1) is 0 Å². The predicted molar refractivity (Wildman–Crippen MR) is 113 cm³/mol. The van der Waals surface area contributed by atoms with Gasteiger partial charge in [-0.3, -0.25) is 19.0 Å². The van der Waals surface area contributed by atoms with Crippen molar-refractivity contribution in [3.63, 3.8) is 0 Å². The van der Waals surface area contributed by atoms with Gasteiger partial charge >= 0.3 is 0 Å². The van der Waals surface area contributed by atoms with Crippen LogP contribution in [-0.4, -0.2) is 35.2 Å². The van der Waals surface area contributed by atoms with Crippen molar-refractivity contribution >= 4 is 22.8 Å². The zero-order chi connectivity index (χ0) is 21.8. The molecule has 2 aromatic carbocycles. The lowest BCUT2D eigenvalue weighted by atomic mass is 10.2. The van der Waals surface area contributed by atoms with E-state index in [0.29, 0.717) is 22.5 Å². The molecule has 2 heterocycles. The van der Waals surface area contributed by atoms with Gasteiger partial charge in [-0.05, 0) is 29.8 Å². The quantitative estimate of drug-likeness (QED) is 0.590. The van der Waals surface area contributed by atoms with Gasteiger partial charge in [0.2, 0.25) is 18.6 Å². The Labute approximate surface area is 178 Å². The fourth-order valence-electron chi connectivity index (χ4n) is 3.37. The van der Waals surface area contributed by atoms with Gasteiger partial charge in [-0.2, -0.15) is 0 Å². The molecule has 9 heteroatoms. The van der Waals surface area contributed by atoms with Gasteiger partial charge in [0.05, 0.1) is 11.0 Å². The summed E-state index contributed by atoms with van der Waals surface area (Å²) >= 11 is 0. The molecule has 0 unspecified atom stereocenters. The van der Waals surface area contributed by atoms with Crippen molar-refractivity contribution in [2.24, 2.45) is 0 Å². The van der Waals surface area contributed by atoms with Crippen molar-refractivity contribution in [2.45, 2.75) is 25.9 Å². The lowest BCUT2D eigenvalue weighted by Crippen LogP contribution is -2.34. The molecule has 1 aliphatic rings. The maximum absolute atomic E-state index is 13.0. The standard InChI is InChI=1S/C22H22N4O5/c1-23-20(27)9-7-16-22(29)26(17-5-3-2-4-15(17)25-16)12-21(28)24-11-14-6-8-18-19(10-14)31-13-30-18/h2-6,8,10H,7,9,11-13H2,1H3,(H,23,27)(H,24,28). The van der Waals surface area contributed by atoms with Crippen LogP contribution in [0.2, 0.25) is 0 Å². The number of fused-ring (bicyclic) bond motifs is 2. The molecule has 0 saturated carbocycles. The summed E-state index contributed by atoms with van der Waals surface area (Å²) in [5.41, 5.74) is 1.90. The summed E-state index contributed by atoms with van der Waals surface area (Å²) in [4.78, 5) is 41.6. The number of hydrogen-bond acceptors (Lipinski definition) is 6. The highest BCUT2D eigenvalue weighted by Crippen LogP contribution is 2.32. The number of nitrogens with zero attached hydrogens (tertiary/aromatic N) is 2. The number of carbonyl (C=O) groups excluding carboxylic acids is 2. The molecule has 0 aliphatic carbocycles. The molecule has 160 valence electrons. The van der Waals surface area contributed by atoms with Crippen molar-refractivity contribution in [3.8, 4) is 11.5 Å². The Kier molecular flexibility index (Phi) is 5.83. The third-order valence-corrected chi connectivity index (χ3v) is 5.02. The summed E-state index contributed by atoms with van der Waals surface area (Å²) in [5, 5.41) is 5.36. The fourth-order valence-corrected chi connectivity index (χ4v) is 3.37. The topological polar surface area (TPSA) is 112 Å². The van der Waals surface area contributed by atoms with Crippen LogP contribution in [0.1, 0.15) is 17.7 Å². The van der Waals surface area contributed by atoms with Gasteiger partial charge in [-0.1, -0.05) is 18.2 Å². The Morgan fingerprint density at radius 2 is 1.90 bits per heavy atom. The molecule has 0 saturated heterocycles. The zero-order valence-corrected chi connectivity index (χ0v) is 17.0. The number of aryl methyl sites for hydroxylation is 1. The average molecular weight is 422 g/mol. The number of benzene rings is 2. The van der Waals surface area contributed by atoms with Gasteiger partial charge < -0.3 is 20.1 Å². The summed E-state index contributed by atoms with van der Waals surface area (Å²) in [6.45, 7) is 0.321. The minimum atomic E-state index is -0.374. The summed E-state index contributed by atoms with van der Waals surface area (Å²) in [6.07, 6.45) is 0.343. The SMILES string of the molecule is CNC(=O)CCc1nc2ccccc2n(CC(=O)NCc2ccc3c(c2)OCO3)c1=O. The molecule has 4 rings (SSSR count). The molecule has 0 atom stereocenters. The monoisotopic (exact) mass is 422 g/mol. The third-order valence-electron chi connectivity index (χ3n) is 5.02. The molecule has 2 N–H and O–H groups in total. The van der Waals surface area contributed by atoms with Gasteiger partial charge in [0.25, 0.3) is 5.56 Å². The van der Waals surface area contributed by atoms with Crippen LogP contribution in [0, 0.1) is 0 Å². The second kappa shape index (κ2) is 8.86. The number of carbonyl (C=O) groups is 2. The molecule has 1 aliphatic heterocycles. The maximum atomic E-state index is 13.0. The molecule has 0 spiro atoms. The Morgan fingerprint density at radius 3 is 2.74 bits per heavy atom. The van der Waals surface area contributed by atoms with E-state index in [-0.39, 0.29) is 55.8 Å². The van der Waals surface area contributed by atoms with Crippen molar-refractivity contribution < 1.29 is 19.1 Å². The summed E-state index contributed by atoms with van der Waals surface area (Å²) in [6, 6.07) is 12.6. The highest BCUT2D eigenvalue weighted by Gasteiger charge is 2.16. The van der Waals surface area contributed by atoms with Gasteiger partial charge in [0.1, 0.15) is 12.2 Å². The van der Waals surface area contributed by atoms with Gasteiger partial charge in [0.15, 0.2) is 11.5 Å². The molecule has 2 amide bonds. The molecule has 0 fully saturated rings. The Balaban J connectivity index is 1.52. The first-order valence-corrected chi connectivity index (χ1v) is 9.89. The van der Waals surface area contributed by atoms with Crippen LogP contribution in [0.25, 0.3) is 11.0 Å². The molecule has 9 nitrogen and oxygen atoms in total. The van der Waals surface area contributed by atoms with E-state index in [9.17, 15) is 14.4 Å². The van der Waals surface area contributed by atoms with Crippen LogP contribution in [0.4, 0.5) is 0 Å². The highest BCUT2D eigenvalue weighted by molar-refractivity contribution is 5.80. The summed E-state index contributed by atoms with van der Waals surface area (Å²) < 4.78 is 12.0. The van der Waals surface area contributed by atoms with Crippen LogP contribution in [0.5, 0.6) is 11.5 Å². The molecule has 31 heavy (non-hydrogen) atoms. The van der Waals surface area contributed by atoms with Gasteiger partial charge in [0, 0.05) is 26.4 Å². The number of rotatable bonds is 7. The van der Waals surface area contributed by atoms with Crippen LogP contribution in [0.3, 0.4) is 0 Å². The Morgan fingerprint density at radius 1 is 1.10 bits per heavy atom. The van der Waals surface area contributed by atoms with Crippen LogP contribution in [0.15, 0.2) is 47.3 Å². The van der Waals surface area contributed by atoms with E-state index >= 15 is 0 Å². The van der Waals surface area contributed by atoms with Gasteiger partial charge in [-0.25, -0.2) is 4.98 Å². The number of nitrogens with one attached hydrogen (secondary N) is 2. The Hall–Kier alpha value is -3.88. The smallest absolute Gasteiger partial charge is 0.273 e. The second-order valence-electron chi connectivity index (χ2n) is 7.08. The molecular formula is C22H22N4O5. The van der Waals surface area contributed by atoms with E-state index in [1.165, 1.54) is 4.57 Å². The number of hydrogen-bond donors (Lipinski definition) is 2. The number of para-hydroxylation sites is 2. The van der Waals surface area contributed by atoms with Crippen molar-refractivity contribution in [2.75, 3.05) is 13.8 Å². The normalized spacial score (nSPS) is 12.0. The fraction of sp³-hybridized carbons (Fsp3) is 0.273. The molecule has 1 aromatic heterocycles. The minimum absolute atomic E-state index is 0.146. The minimum Gasteiger partial charge on any atom is -0.454 e. The lowest BCUT2D eigenvalue weighted by Gasteiger charge is -2.13. The average Bonchev–Trinajstić information content (AvgIpc) is 3.26. The zero-order valence-electron chi connectivity index (χ0n) is 17.0.